The first-order chi connectivity index (χ1) is 8.93. The summed E-state index contributed by atoms with van der Waals surface area (Å²) in [6, 6.07) is 4.04. The van der Waals surface area contributed by atoms with Gasteiger partial charge >= 0.3 is 0 Å². The lowest BCUT2D eigenvalue weighted by Gasteiger charge is -2.16. The summed E-state index contributed by atoms with van der Waals surface area (Å²) in [5.41, 5.74) is 4.82. The van der Waals surface area contributed by atoms with Gasteiger partial charge in [0.25, 0.3) is 0 Å². The maximum Gasteiger partial charge on any atom is 0.163 e. The monoisotopic (exact) mass is 333 g/mol. The molecule has 19 heavy (non-hydrogen) atoms. The number of hydrogen-bond acceptors (Lipinski definition) is 1. The van der Waals surface area contributed by atoms with Crippen molar-refractivity contribution in [2.45, 2.75) is 6.04 Å². The van der Waals surface area contributed by atoms with Crippen molar-refractivity contribution in [1.82, 2.24) is 0 Å². The van der Waals surface area contributed by atoms with Gasteiger partial charge in [-0.2, -0.15) is 0 Å². The van der Waals surface area contributed by atoms with Gasteiger partial charge in [-0.05, 0) is 34.1 Å². The largest absolute Gasteiger partial charge is 0.320 e. The van der Waals surface area contributed by atoms with E-state index in [-0.39, 0.29) is 10.0 Å². The van der Waals surface area contributed by atoms with Crippen molar-refractivity contribution in [3.63, 3.8) is 0 Å². The Morgan fingerprint density at radius 2 is 1.58 bits per heavy atom. The van der Waals surface area contributed by atoms with E-state index in [0.717, 1.165) is 12.1 Å². The molecule has 1 atom stereocenters. The normalized spacial score (nSPS) is 12.5. The van der Waals surface area contributed by atoms with E-state index in [0.29, 0.717) is 0 Å². The summed E-state index contributed by atoms with van der Waals surface area (Å²) >= 11 is 2.89. The Labute approximate surface area is 115 Å². The summed E-state index contributed by atoms with van der Waals surface area (Å²) < 4.78 is 54.2. The van der Waals surface area contributed by atoms with Crippen LogP contribution in [0.25, 0.3) is 0 Å². The molecular formula is C13H8BrF4N. The average molecular weight is 334 g/mol. The molecule has 0 aliphatic carbocycles. The molecule has 2 aromatic rings. The molecule has 0 spiro atoms. The van der Waals surface area contributed by atoms with Crippen LogP contribution in [-0.2, 0) is 0 Å². The first kappa shape index (κ1) is 14.0. The predicted molar refractivity (Wildman–Crippen MR) is 66.4 cm³/mol. The van der Waals surface area contributed by atoms with Crippen molar-refractivity contribution in [2.75, 3.05) is 0 Å². The lowest BCUT2D eigenvalue weighted by atomic mass is 9.98. The predicted octanol–water partition coefficient (Wildman–Crippen LogP) is 4.05. The van der Waals surface area contributed by atoms with E-state index in [1.807, 2.05) is 0 Å². The van der Waals surface area contributed by atoms with Gasteiger partial charge < -0.3 is 5.73 Å². The number of halogens is 5. The number of hydrogen-bond donors (Lipinski definition) is 1. The van der Waals surface area contributed by atoms with E-state index in [2.05, 4.69) is 15.9 Å². The maximum atomic E-state index is 13.8. The van der Waals surface area contributed by atoms with Crippen LogP contribution in [-0.4, -0.2) is 0 Å². The van der Waals surface area contributed by atoms with Gasteiger partial charge in [-0.15, -0.1) is 0 Å². The smallest absolute Gasteiger partial charge is 0.163 e. The van der Waals surface area contributed by atoms with E-state index < -0.39 is 34.9 Å². The molecule has 0 fully saturated rings. The summed E-state index contributed by atoms with van der Waals surface area (Å²) in [7, 11) is 0. The molecule has 0 saturated carbocycles. The molecule has 1 nitrogen and oxygen atoms in total. The van der Waals surface area contributed by atoms with Crippen molar-refractivity contribution < 1.29 is 17.6 Å². The Balaban J connectivity index is 2.59. The van der Waals surface area contributed by atoms with E-state index >= 15 is 0 Å². The SMILES string of the molecule is NC(c1cccc(F)c1F)c1c(F)ccc(Br)c1F. The van der Waals surface area contributed by atoms with Crippen LogP contribution in [0.15, 0.2) is 34.8 Å². The molecule has 0 saturated heterocycles. The van der Waals surface area contributed by atoms with Crippen LogP contribution in [0.1, 0.15) is 17.2 Å². The second-order valence-corrected chi connectivity index (χ2v) is 4.73. The quantitative estimate of drug-likeness (QED) is 0.651. The summed E-state index contributed by atoms with van der Waals surface area (Å²) in [5.74, 6) is -4.19. The molecule has 2 rings (SSSR count). The van der Waals surface area contributed by atoms with Gasteiger partial charge in [-0.25, -0.2) is 17.6 Å². The van der Waals surface area contributed by atoms with Crippen LogP contribution in [0, 0.1) is 23.3 Å². The van der Waals surface area contributed by atoms with E-state index in [9.17, 15) is 17.6 Å². The van der Waals surface area contributed by atoms with Crippen LogP contribution >= 0.6 is 15.9 Å². The van der Waals surface area contributed by atoms with Gasteiger partial charge in [0.2, 0.25) is 0 Å². The summed E-state index contributed by atoms with van der Waals surface area (Å²) in [5, 5.41) is 0. The van der Waals surface area contributed by atoms with Gasteiger partial charge in [0.1, 0.15) is 11.6 Å². The van der Waals surface area contributed by atoms with Gasteiger partial charge in [-0.3, -0.25) is 0 Å². The fraction of sp³-hybridized carbons (Fsp3) is 0.0769. The average Bonchev–Trinajstić information content (AvgIpc) is 2.37. The first-order valence-electron chi connectivity index (χ1n) is 5.26. The Kier molecular flexibility index (Phi) is 3.91. The van der Waals surface area contributed by atoms with Crippen molar-refractivity contribution in [1.29, 1.82) is 0 Å². The van der Waals surface area contributed by atoms with Crippen molar-refractivity contribution in [3.05, 3.63) is 69.2 Å². The molecule has 0 amide bonds. The molecule has 0 aliphatic heterocycles. The minimum atomic E-state index is -1.44. The third kappa shape index (κ3) is 2.50. The van der Waals surface area contributed by atoms with Crippen molar-refractivity contribution in [3.8, 4) is 0 Å². The van der Waals surface area contributed by atoms with Gasteiger partial charge in [0.05, 0.1) is 10.5 Å². The fourth-order valence-electron chi connectivity index (χ4n) is 1.74. The van der Waals surface area contributed by atoms with E-state index in [1.54, 1.807) is 0 Å². The van der Waals surface area contributed by atoms with Crippen molar-refractivity contribution >= 4 is 15.9 Å². The van der Waals surface area contributed by atoms with Gasteiger partial charge in [0, 0.05) is 11.1 Å². The Bertz CT molecular complexity index is 630. The first-order valence-corrected chi connectivity index (χ1v) is 6.05. The fourth-order valence-corrected chi connectivity index (χ4v) is 2.09. The van der Waals surface area contributed by atoms with E-state index in [1.165, 1.54) is 18.2 Å². The molecule has 2 N–H and O–H groups in total. The Morgan fingerprint density at radius 3 is 2.26 bits per heavy atom. The van der Waals surface area contributed by atoms with Gasteiger partial charge in [-0.1, -0.05) is 12.1 Å². The topological polar surface area (TPSA) is 26.0 Å². The highest BCUT2D eigenvalue weighted by Crippen LogP contribution is 2.30. The van der Waals surface area contributed by atoms with Crippen molar-refractivity contribution in [2.24, 2.45) is 5.73 Å². The zero-order valence-electron chi connectivity index (χ0n) is 9.43. The van der Waals surface area contributed by atoms with Crippen LogP contribution in [0.3, 0.4) is 0 Å². The lowest BCUT2D eigenvalue weighted by Crippen LogP contribution is -2.18. The highest BCUT2D eigenvalue weighted by molar-refractivity contribution is 9.10. The van der Waals surface area contributed by atoms with Gasteiger partial charge in [0.15, 0.2) is 11.6 Å². The molecule has 6 heteroatoms. The van der Waals surface area contributed by atoms with Crippen LogP contribution in [0.4, 0.5) is 17.6 Å². The Hall–Kier alpha value is -1.40. The van der Waals surface area contributed by atoms with Crippen LogP contribution in [0.5, 0.6) is 0 Å². The molecule has 0 bridgehead atoms. The number of rotatable bonds is 2. The zero-order valence-corrected chi connectivity index (χ0v) is 11.0. The van der Waals surface area contributed by atoms with Crippen LogP contribution < -0.4 is 5.73 Å². The molecule has 100 valence electrons. The van der Waals surface area contributed by atoms with Crippen LogP contribution in [0.2, 0.25) is 0 Å². The third-order valence-electron chi connectivity index (χ3n) is 2.71. The summed E-state index contributed by atoms with van der Waals surface area (Å²) in [6.07, 6.45) is 0. The molecule has 2 aromatic carbocycles. The summed E-state index contributed by atoms with van der Waals surface area (Å²) in [4.78, 5) is 0. The molecule has 0 aromatic heterocycles. The lowest BCUT2D eigenvalue weighted by molar-refractivity contribution is 0.486. The molecular weight excluding hydrogens is 326 g/mol. The minimum absolute atomic E-state index is 0.00355. The highest BCUT2D eigenvalue weighted by atomic mass is 79.9. The second kappa shape index (κ2) is 5.30. The maximum absolute atomic E-state index is 13.8. The summed E-state index contributed by atoms with van der Waals surface area (Å²) in [6.45, 7) is 0. The molecule has 1 unspecified atom stereocenters. The number of benzene rings is 2. The number of nitrogens with two attached hydrogens (primary N) is 1. The molecule has 0 radical (unpaired) electrons. The second-order valence-electron chi connectivity index (χ2n) is 3.88. The highest BCUT2D eigenvalue weighted by Gasteiger charge is 2.23. The van der Waals surface area contributed by atoms with E-state index in [4.69, 9.17) is 5.73 Å². The third-order valence-corrected chi connectivity index (χ3v) is 3.32. The molecule has 0 aliphatic rings. The Morgan fingerprint density at radius 1 is 0.895 bits per heavy atom. The minimum Gasteiger partial charge on any atom is -0.320 e. The standard InChI is InChI=1S/C13H8BrF4N/c14-7-4-5-8(15)10(12(7)18)13(19)6-2-1-3-9(16)11(6)17/h1-5,13H,19H2. The molecule has 0 heterocycles. The zero-order chi connectivity index (χ0) is 14.2.